The standard InChI is InChI=1S/C10H20N/c1-3-4-5-6-7-8-9-10-11-2/h11H,3-10H2,1H3. The van der Waals surface area contributed by atoms with Crippen molar-refractivity contribution < 1.29 is 0 Å². The van der Waals surface area contributed by atoms with Crippen molar-refractivity contribution in [1.82, 2.24) is 5.32 Å². The molecule has 0 aromatic rings. The van der Waals surface area contributed by atoms with Crippen molar-refractivity contribution in [1.29, 1.82) is 0 Å². The highest BCUT2D eigenvalue weighted by atomic mass is 14.8. The summed E-state index contributed by atoms with van der Waals surface area (Å²) < 4.78 is 0. The highest BCUT2D eigenvalue weighted by molar-refractivity contribution is 4.47. The van der Waals surface area contributed by atoms with Crippen LogP contribution in [0.5, 0.6) is 0 Å². The quantitative estimate of drug-likeness (QED) is 0.530. The minimum atomic E-state index is 0.855. The van der Waals surface area contributed by atoms with Gasteiger partial charge in [0.15, 0.2) is 0 Å². The Labute approximate surface area is 71.6 Å². The number of unbranched alkanes of at least 4 members (excludes halogenated alkanes) is 6. The number of rotatable bonds is 8. The molecule has 0 atom stereocenters. The Morgan fingerprint density at radius 1 is 0.909 bits per heavy atom. The predicted octanol–water partition coefficient (Wildman–Crippen LogP) is 2.87. The van der Waals surface area contributed by atoms with Gasteiger partial charge in [0.1, 0.15) is 0 Å². The van der Waals surface area contributed by atoms with E-state index >= 15 is 0 Å². The maximum Gasteiger partial charge on any atom is 0.0851 e. The molecule has 0 aliphatic heterocycles. The summed E-state index contributed by atoms with van der Waals surface area (Å²) in [5.74, 6) is 0. The molecule has 0 saturated carbocycles. The van der Waals surface area contributed by atoms with E-state index in [1.807, 2.05) is 0 Å². The van der Waals surface area contributed by atoms with Crippen LogP contribution in [0.15, 0.2) is 0 Å². The van der Waals surface area contributed by atoms with E-state index in [1.165, 1.54) is 38.5 Å². The predicted molar refractivity (Wildman–Crippen MR) is 49.2 cm³/mol. The van der Waals surface area contributed by atoms with Crippen LogP contribution in [-0.4, -0.2) is 6.54 Å². The van der Waals surface area contributed by atoms with Crippen molar-refractivity contribution in [2.45, 2.75) is 51.9 Å². The molecule has 0 aromatic heterocycles. The first-order chi connectivity index (χ1) is 5.41. The van der Waals surface area contributed by atoms with Crippen molar-refractivity contribution in [3.63, 3.8) is 0 Å². The van der Waals surface area contributed by atoms with Gasteiger partial charge in [0.05, 0.1) is 7.05 Å². The van der Waals surface area contributed by atoms with Crippen molar-refractivity contribution in [3.05, 3.63) is 7.05 Å². The molecule has 3 radical (unpaired) electrons. The van der Waals surface area contributed by atoms with E-state index < -0.39 is 0 Å². The van der Waals surface area contributed by atoms with Gasteiger partial charge in [0.25, 0.3) is 0 Å². The lowest BCUT2D eigenvalue weighted by Crippen LogP contribution is -2.03. The normalized spacial score (nSPS) is 10.4. The number of hydrogen-bond acceptors (Lipinski definition) is 1. The molecule has 0 rings (SSSR count). The molecular formula is C10H20N. The Hall–Kier alpha value is -0.0400. The second kappa shape index (κ2) is 9.96. The third kappa shape index (κ3) is 9.96. The van der Waals surface area contributed by atoms with Crippen molar-refractivity contribution >= 4 is 0 Å². The molecule has 0 aliphatic rings. The molecule has 1 nitrogen and oxygen atoms in total. The Kier molecular flexibility index (Phi) is 9.92. The lowest BCUT2D eigenvalue weighted by atomic mass is 10.1. The van der Waals surface area contributed by atoms with Crippen molar-refractivity contribution in [3.8, 4) is 0 Å². The van der Waals surface area contributed by atoms with E-state index in [4.69, 9.17) is 7.05 Å². The Morgan fingerprint density at radius 2 is 1.45 bits per heavy atom. The minimum absolute atomic E-state index is 0.855. The summed E-state index contributed by atoms with van der Waals surface area (Å²) in [5, 5.41) is 2.42. The second-order valence-corrected chi connectivity index (χ2v) is 3.05. The fraction of sp³-hybridized carbons (Fsp3) is 0.900. The van der Waals surface area contributed by atoms with E-state index in [0.717, 1.165) is 13.0 Å². The van der Waals surface area contributed by atoms with Crippen LogP contribution in [-0.2, 0) is 0 Å². The molecule has 11 heavy (non-hydrogen) atoms. The van der Waals surface area contributed by atoms with Gasteiger partial charge in [-0.3, -0.25) is 0 Å². The maximum absolute atomic E-state index is 6.70. The lowest BCUT2D eigenvalue weighted by molar-refractivity contribution is 0.582. The Balaban J connectivity index is 2.69. The van der Waals surface area contributed by atoms with E-state index in [-0.39, 0.29) is 0 Å². The number of nitrogens with one attached hydrogen (secondary N) is 1. The minimum Gasteiger partial charge on any atom is -0.306 e. The van der Waals surface area contributed by atoms with Gasteiger partial charge in [0, 0.05) is 0 Å². The summed E-state index contributed by atoms with van der Waals surface area (Å²) in [6.45, 7) is 3.10. The zero-order valence-electron chi connectivity index (χ0n) is 7.66. The first-order valence-electron chi connectivity index (χ1n) is 4.81. The van der Waals surface area contributed by atoms with Gasteiger partial charge in [-0.05, 0) is 13.0 Å². The molecule has 0 heterocycles. The van der Waals surface area contributed by atoms with Gasteiger partial charge < -0.3 is 5.32 Å². The van der Waals surface area contributed by atoms with Gasteiger partial charge >= 0.3 is 0 Å². The number of hydrogen-bond donors (Lipinski definition) is 1. The van der Waals surface area contributed by atoms with Crippen LogP contribution in [0.1, 0.15) is 51.9 Å². The highest BCUT2D eigenvalue weighted by Gasteiger charge is 1.88. The van der Waals surface area contributed by atoms with Gasteiger partial charge in [-0.1, -0.05) is 45.4 Å². The monoisotopic (exact) mass is 154 g/mol. The first kappa shape index (κ1) is 11.0. The summed E-state index contributed by atoms with van der Waals surface area (Å²) in [7, 11) is 6.70. The Morgan fingerprint density at radius 3 is 2.00 bits per heavy atom. The summed E-state index contributed by atoms with van der Waals surface area (Å²) in [6.07, 6.45) is 9.29. The Bertz CT molecular complexity index is 53.9. The molecule has 0 bridgehead atoms. The van der Waals surface area contributed by atoms with Gasteiger partial charge in [0.2, 0.25) is 0 Å². The molecule has 1 heteroatoms. The average Bonchev–Trinajstić information content (AvgIpc) is 2.03. The molecule has 0 unspecified atom stereocenters. The molecule has 0 aliphatic carbocycles. The summed E-state index contributed by atoms with van der Waals surface area (Å²) in [6, 6.07) is 0. The van der Waals surface area contributed by atoms with Gasteiger partial charge in [-0.15, -0.1) is 0 Å². The van der Waals surface area contributed by atoms with E-state index in [9.17, 15) is 0 Å². The largest absolute Gasteiger partial charge is 0.306 e. The first-order valence-corrected chi connectivity index (χ1v) is 4.81. The average molecular weight is 154 g/mol. The molecule has 0 fully saturated rings. The molecule has 0 aromatic carbocycles. The zero-order chi connectivity index (χ0) is 8.36. The van der Waals surface area contributed by atoms with E-state index in [1.54, 1.807) is 0 Å². The third-order valence-corrected chi connectivity index (χ3v) is 1.91. The van der Waals surface area contributed by atoms with Crippen LogP contribution in [0.25, 0.3) is 0 Å². The lowest BCUT2D eigenvalue weighted by Gasteiger charge is -1.99. The van der Waals surface area contributed by atoms with E-state index in [2.05, 4.69) is 12.2 Å². The van der Waals surface area contributed by atoms with Gasteiger partial charge in [-0.2, -0.15) is 0 Å². The molecule has 0 saturated heterocycles. The second-order valence-electron chi connectivity index (χ2n) is 3.05. The maximum atomic E-state index is 6.70. The topological polar surface area (TPSA) is 12.0 Å². The van der Waals surface area contributed by atoms with Crippen LogP contribution < -0.4 is 5.32 Å². The molecule has 1 N–H and O–H groups in total. The molecular weight excluding hydrogens is 134 g/mol. The fourth-order valence-corrected chi connectivity index (χ4v) is 1.17. The molecule has 65 valence electrons. The molecule has 0 spiro atoms. The van der Waals surface area contributed by atoms with Crippen LogP contribution in [0.2, 0.25) is 0 Å². The van der Waals surface area contributed by atoms with Crippen molar-refractivity contribution in [2.24, 2.45) is 0 Å². The van der Waals surface area contributed by atoms with Crippen LogP contribution in [0.4, 0.5) is 0 Å². The smallest absolute Gasteiger partial charge is 0.0851 e. The zero-order valence-corrected chi connectivity index (χ0v) is 7.66. The van der Waals surface area contributed by atoms with Crippen LogP contribution in [0, 0.1) is 7.05 Å². The SMILES string of the molecule is [C]NCCCCCCCCC. The summed E-state index contributed by atoms with van der Waals surface area (Å²) in [5.41, 5.74) is 0. The summed E-state index contributed by atoms with van der Waals surface area (Å²) >= 11 is 0. The third-order valence-electron chi connectivity index (χ3n) is 1.91. The van der Waals surface area contributed by atoms with Crippen LogP contribution >= 0.6 is 0 Å². The fourth-order valence-electron chi connectivity index (χ4n) is 1.17. The van der Waals surface area contributed by atoms with Crippen LogP contribution in [0.3, 0.4) is 0 Å². The van der Waals surface area contributed by atoms with Crippen molar-refractivity contribution in [2.75, 3.05) is 6.54 Å². The summed E-state index contributed by atoms with van der Waals surface area (Å²) in [4.78, 5) is 0. The highest BCUT2D eigenvalue weighted by Crippen LogP contribution is 2.05. The molecule has 0 amide bonds. The van der Waals surface area contributed by atoms with E-state index in [0.29, 0.717) is 0 Å². The van der Waals surface area contributed by atoms with Gasteiger partial charge in [-0.25, -0.2) is 0 Å².